The predicted molar refractivity (Wildman–Crippen MR) is 101 cm³/mol. The first-order valence-electron chi connectivity index (χ1n) is 8.56. The van der Waals surface area contributed by atoms with Crippen LogP contribution in [-0.2, 0) is 6.42 Å². The zero-order chi connectivity index (χ0) is 18.9. The summed E-state index contributed by atoms with van der Waals surface area (Å²) >= 11 is 0. The molecule has 0 aliphatic rings. The van der Waals surface area contributed by atoms with Gasteiger partial charge in [-0.1, -0.05) is 31.2 Å². The number of hydrogen-bond donors (Lipinski definition) is 2. The summed E-state index contributed by atoms with van der Waals surface area (Å²) in [6, 6.07) is 12.8. The Morgan fingerprint density at radius 2 is 1.77 bits per heavy atom. The van der Waals surface area contributed by atoms with E-state index in [1.807, 2.05) is 49.4 Å². The molecule has 0 fully saturated rings. The third kappa shape index (κ3) is 5.05. The number of nitrogens with one attached hydrogen (secondary N) is 2. The van der Waals surface area contributed by atoms with Crippen LogP contribution in [0.5, 0.6) is 17.2 Å². The molecule has 2 amide bonds. The van der Waals surface area contributed by atoms with E-state index in [0.717, 1.165) is 23.3 Å². The Hall–Kier alpha value is -2.89. The molecule has 1 unspecified atom stereocenters. The van der Waals surface area contributed by atoms with Crippen molar-refractivity contribution in [3.05, 3.63) is 53.6 Å². The molecule has 26 heavy (non-hydrogen) atoms. The van der Waals surface area contributed by atoms with Gasteiger partial charge >= 0.3 is 6.03 Å². The molecule has 1 atom stereocenters. The molecular formula is C20H26N2O4. The molecule has 2 aromatic rings. The molecular weight excluding hydrogens is 332 g/mol. The SMILES string of the molecule is CCc1ccccc1OCNC(=O)NC(C)c1ccc(OC)c(OC)c1. The fraction of sp³-hybridized carbons (Fsp3) is 0.350. The van der Waals surface area contributed by atoms with Crippen LogP contribution >= 0.6 is 0 Å². The third-order valence-corrected chi connectivity index (χ3v) is 4.07. The van der Waals surface area contributed by atoms with E-state index >= 15 is 0 Å². The molecule has 0 radical (unpaired) electrons. The van der Waals surface area contributed by atoms with Crippen LogP contribution < -0.4 is 24.8 Å². The monoisotopic (exact) mass is 358 g/mol. The number of urea groups is 1. The highest BCUT2D eigenvalue weighted by molar-refractivity contribution is 5.74. The number of amides is 2. The van der Waals surface area contributed by atoms with E-state index in [0.29, 0.717) is 11.5 Å². The van der Waals surface area contributed by atoms with Gasteiger partial charge in [0.05, 0.1) is 20.3 Å². The molecule has 6 nitrogen and oxygen atoms in total. The molecule has 6 heteroatoms. The Bertz CT molecular complexity index is 734. The Kier molecular flexibility index (Phi) is 7.14. The molecule has 0 spiro atoms. The second-order valence-electron chi connectivity index (χ2n) is 5.74. The van der Waals surface area contributed by atoms with Gasteiger partial charge in [-0.25, -0.2) is 4.79 Å². The van der Waals surface area contributed by atoms with E-state index in [1.54, 1.807) is 14.2 Å². The van der Waals surface area contributed by atoms with Gasteiger partial charge in [-0.15, -0.1) is 0 Å². The minimum Gasteiger partial charge on any atom is -0.493 e. The number of methoxy groups -OCH3 is 2. The number of hydrogen-bond acceptors (Lipinski definition) is 4. The lowest BCUT2D eigenvalue weighted by molar-refractivity contribution is 0.221. The van der Waals surface area contributed by atoms with Gasteiger partial charge in [0.25, 0.3) is 0 Å². The van der Waals surface area contributed by atoms with Crippen LogP contribution in [0.4, 0.5) is 4.79 Å². The zero-order valence-electron chi connectivity index (χ0n) is 15.7. The Morgan fingerprint density at radius 3 is 2.46 bits per heavy atom. The van der Waals surface area contributed by atoms with Crippen molar-refractivity contribution in [1.82, 2.24) is 10.6 Å². The normalized spacial score (nSPS) is 11.4. The Labute approximate surface area is 154 Å². The average molecular weight is 358 g/mol. The summed E-state index contributed by atoms with van der Waals surface area (Å²) in [5.41, 5.74) is 2.02. The number of carbonyl (C=O) groups is 1. The molecule has 0 saturated heterocycles. The summed E-state index contributed by atoms with van der Waals surface area (Å²) in [5.74, 6) is 2.05. The number of aryl methyl sites for hydroxylation is 1. The number of carbonyl (C=O) groups excluding carboxylic acids is 1. The molecule has 0 bridgehead atoms. The quantitative estimate of drug-likeness (QED) is 0.707. The van der Waals surface area contributed by atoms with Crippen LogP contribution in [-0.4, -0.2) is 27.0 Å². The molecule has 0 heterocycles. The van der Waals surface area contributed by atoms with E-state index in [4.69, 9.17) is 14.2 Å². The third-order valence-electron chi connectivity index (χ3n) is 4.07. The van der Waals surface area contributed by atoms with Crippen molar-refractivity contribution in [3.63, 3.8) is 0 Å². The first-order valence-corrected chi connectivity index (χ1v) is 8.56. The largest absolute Gasteiger partial charge is 0.493 e. The molecule has 2 aromatic carbocycles. The van der Waals surface area contributed by atoms with Gasteiger partial charge in [-0.05, 0) is 42.7 Å². The number of benzene rings is 2. The fourth-order valence-corrected chi connectivity index (χ4v) is 2.57. The Balaban J connectivity index is 1.87. The number of para-hydroxylation sites is 1. The predicted octanol–water partition coefficient (Wildman–Crippen LogP) is 3.66. The maximum atomic E-state index is 12.1. The van der Waals surface area contributed by atoms with Crippen LogP contribution in [0, 0.1) is 0 Å². The van der Waals surface area contributed by atoms with Crippen molar-refractivity contribution in [3.8, 4) is 17.2 Å². The maximum absolute atomic E-state index is 12.1. The minimum atomic E-state index is -0.304. The van der Waals surface area contributed by atoms with Crippen LogP contribution in [0.2, 0.25) is 0 Å². The van der Waals surface area contributed by atoms with E-state index in [2.05, 4.69) is 17.6 Å². The number of rotatable bonds is 8. The summed E-state index contributed by atoms with van der Waals surface area (Å²) in [6.07, 6.45) is 0.874. The molecule has 140 valence electrons. The molecule has 0 saturated carbocycles. The second-order valence-corrected chi connectivity index (χ2v) is 5.74. The summed E-state index contributed by atoms with van der Waals surface area (Å²) in [4.78, 5) is 12.1. The number of ether oxygens (including phenoxy) is 3. The van der Waals surface area contributed by atoms with Crippen molar-refractivity contribution >= 4 is 6.03 Å². The molecule has 2 N–H and O–H groups in total. The first kappa shape index (κ1) is 19.4. The van der Waals surface area contributed by atoms with Crippen molar-refractivity contribution in [2.75, 3.05) is 21.0 Å². The molecule has 0 aromatic heterocycles. The van der Waals surface area contributed by atoms with Gasteiger partial charge in [0.15, 0.2) is 18.2 Å². The summed E-state index contributed by atoms with van der Waals surface area (Å²) < 4.78 is 16.2. The molecule has 0 aliphatic carbocycles. The summed E-state index contributed by atoms with van der Waals surface area (Å²) in [6.45, 7) is 4.06. The van der Waals surface area contributed by atoms with Crippen LogP contribution in [0.3, 0.4) is 0 Å². The molecule has 2 rings (SSSR count). The van der Waals surface area contributed by atoms with Gasteiger partial charge in [0.1, 0.15) is 5.75 Å². The van der Waals surface area contributed by atoms with Crippen molar-refractivity contribution in [2.45, 2.75) is 26.3 Å². The van der Waals surface area contributed by atoms with Crippen molar-refractivity contribution < 1.29 is 19.0 Å². The maximum Gasteiger partial charge on any atom is 0.317 e. The lowest BCUT2D eigenvalue weighted by Gasteiger charge is -2.17. The Morgan fingerprint density at radius 1 is 1.04 bits per heavy atom. The second kappa shape index (κ2) is 9.56. The van der Waals surface area contributed by atoms with E-state index in [9.17, 15) is 4.79 Å². The average Bonchev–Trinajstić information content (AvgIpc) is 2.67. The molecule has 0 aliphatic heterocycles. The van der Waals surface area contributed by atoms with E-state index in [-0.39, 0.29) is 18.8 Å². The van der Waals surface area contributed by atoms with Gasteiger partial charge in [0, 0.05) is 0 Å². The van der Waals surface area contributed by atoms with Crippen molar-refractivity contribution in [2.24, 2.45) is 0 Å². The van der Waals surface area contributed by atoms with E-state index < -0.39 is 0 Å². The van der Waals surface area contributed by atoms with Crippen LogP contribution in [0.25, 0.3) is 0 Å². The van der Waals surface area contributed by atoms with Gasteiger partial charge in [-0.2, -0.15) is 0 Å². The highest BCUT2D eigenvalue weighted by Crippen LogP contribution is 2.29. The highest BCUT2D eigenvalue weighted by Gasteiger charge is 2.12. The smallest absolute Gasteiger partial charge is 0.317 e. The van der Waals surface area contributed by atoms with Gasteiger partial charge in [0.2, 0.25) is 0 Å². The standard InChI is InChI=1S/C20H26N2O4/c1-5-15-8-6-7-9-17(15)26-13-21-20(23)22-14(2)16-10-11-18(24-3)19(12-16)25-4/h6-12,14H,5,13H2,1-4H3,(H2,21,22,23). The van der Waals surface area contributed by atoms with Crippen LogP contribution in [0.15, 0.2) is 42.5 Å². The lowest BCUT2D eigenvalue weighted by Crippen LogP contribution is -2.39. The summed E-state index contributed by atoms with van der Waals surface area (Å²) in [5, 5.41) is 5.58. The fourth-order valence-electron chi connectivity index (χ4n) is 2.57. The zero-order valence-corrected chi connectivity index (χ0v) is 15.7. The van der Waals surface area contributed by atoms with Gasteiger partial charge < -0.3 is 24.8 Å². The van der Waals surface area contributed by atoms with Gasteiger partial charge in [-0.3, -0.25) is 0 Å². The topological polar surface area (TPSA) is 68.8 Å². The van der Waals surface area contributed by atoms with Crippen LogP contribution in [0.1, 0.15) is 31.0 Å². The first-order chi connectivity index (χ1) is 12.6. The van der Waals surface area contributed by atoms with E-state index in [1.165, 1.54) is 0 Å². The minimum absolute atomic E-state index is 0.0987. The highest BCUT2D eigenvalue weighted by atomic mass is 16.5. The lowest BCUT2D eigenvalue weighted by atomic mass is 10.1. The van der Waals surface area contributed by atoms with Crippen molar-refractivity contribution in [1.29, 1.82) is 0 Å². The summed E-state index contributed by atoms with van der Waals surface area (Å²) in [7, 11) is 3.17.